The SMILES string of the molecule is NN1C=CC=C(c2ccc(-c3ccccc3)cc2)C1/N=C/n1c2ccccc2c2ccc3c(ccn3-c3ccccc3)c21. The van der Waals surface area contributed by atoms with Crippen LogP contribution in [0.15, 0.2) is 157 Å². The molecule has 5 nitrogen and oxygen atoms in total. The standard InChI is InChI=1S/C38H29N5/c39-43-24-9-15-31(29-19-17-28(18-20-29)27-10-3-1-4-11-27)38(43)40-26-42-35-16-8-7-14-32(35)33-21-22-36-34(37(33)42)23-25-41(36)30-12-5-2-6-13-30/h1-26,38H,39H2/b40-26+. The van der Waals surface area contributed by atoms with Gasteiger partial charge in [-0.15, -0.1) is 0 Å². The van der Waals surface area contributed by atoms with Crippen molar-refractivity contribution in [1.29, 1.82) is 0 Å². The van der Waals surface area contributed by atoms with E-state index < -0.39 is 0 Å². The fourth-order valence-corrected chi connectivity index (χ4v) is 6.24. The molecule has 206 valence electrons. The normalized spacial score (nSPS) is 15.2. The minimum absolute atomic E-state index is 0.378. The molecular formula is C38H29N5. The lowest BCUT2D eigenvalue weighted by Gasteiger charge is -2.28. The van der Waals surface area contributed by atoms with Crippen molar-refractivity contribution in [2.24, 2.45) is 10.8 Å². The molecule has 0 saturated heterocycles. The van der Waals surface area contributed by atoms with Gasteiger partial charge in [-0.3, -0.25) is 9.58 Å². The van der Waals surface area contributed by atoms with Gasteiger partial charge < -0.3 is 4.57 Å². The molecule has 0 saturated carbocycles. The van der Waals surface area contributed by atoms with Gasteiger partial charge in [0, 0.05) is 39.8 Å². The van der Waals surface area contributed by atoms with E-state index >= 15 is 0 Å². The van der Waals surface area contributed by atoms with E-state index in [2.05, 4.69) is 137 Å². The zero-order chi connectivity index (χ0) is 28.8. The van der Waals surface area contributed by atoms with Gasteiger partial charge >= 0.3 is 0 Å². The van der Waals surface area contributed by atoms with E-state index in [1.807, 2.05) is 30.7 Å². The monoisotopic (exact) mass is 555 g/mol. The first-order valence-corrected chi connectivity index (χ1v) is 14.4. The Labute approximate surface area is 249 Å². The topological polar surface area (TPSA) is 51.5 Å². The van der Waals surface area contributed by atoms with Crippen LogP contribution in [-0.4, -0.2) is 26.6 Å². The van der Waals surface area contributed by atoms with Gasteiger partial charge in [0.2, 0.25) is 0 Å². The summed E-state index contributed by atoms with van der Waals surface area (Å²) in [6.45, 7) is 0. The number of nitrogens with two attached hydrogens (primary N) is 1. The molecule has 3 heterocycles. The van der Waals surface area contributed by atoms with Gasteiger partial charge in [-0.2, -0.15) is 0 Å². The van der Waals surface area contributed by atoms with Crippen molar-refractivity contribution in [3.05, 3.63) is 158 Å². The van der Waals surface area contributed by atoms with Gasteiger partial charge in [0.05, 0.1) is 22.9 Å². The first-order chi connectivity index (χ1) is 21.3. The lowest BCUT2D eigenvalue weighted by atomic mass is 9.97. The molecule has 2 aromatic heterocycles. The van der Waals surface area contributed by atoms with Gasteiger partial charge in [-0.05, 0) is 53.1 Å². The van der Waals surface area contributed by atoms with E-state index in [4.69, 9.17) is 10.8 Å². The molecule has 1 unspecified atom stereocenters. The highest BCUT2D eigenvalue weighted by atomic mass is 15.5. The Hall–Kier alpha value is -5.65. The van der Waals surface area contributed by atoms with Crippen molar-refractivity contribution >= 4 is 44.6 Å². The summed E-state index contributed by atoms with van der Waals surface area (Å²) in [6, 6.07) is 44.6. The summed E-state index contributed by atoms with van der Waals surface area (Å²) in [4.78, 5) is 5.13. The molecule has 0 fully saturated rings. The largest absolute Gasteiger partial charge is 0.316 e. The fraction of sp³-hybridized carbons (Fsp3) is 0.0263. The lowest BCUT2D eigenvalue weighted by molar-refractivity contribution is 0.346. The summed E-state index contributed by atoms with van der Waals surface area (Å²) in [6.07, 6.45) is 9.66. The molecule has 2 N–H and O–H groups in total. The van der Waals surface area contributed by atoms with Crippen LogP contribution in [0.4, 0.5) is 0 Å². The molecule has 5 aromatic carbocycles. The van der Waals surface area contributed by atoms with Crippen LogP contribution in [-0.2, 0) is 0 Å². The van der Waals surface area contributed by atoms with Gasteiger partial charge in [0.15, 0.2) is 6.17 Å². The highest BCUT2D eigenvalue weighted by Crippen LogP contribution is 2.35. The average molecular weight is 556 g/mol. The molecule has 1 aliphatic rings. The predicted molar refractivity (Wildman–Crippen MR) is 179 cm³/mol. The van der Waals surface area contributed by atoms with Crippen molar-refractivity contribution in [3.8, 4) is 16.8 Å². The summed E-state index contributed by atoms with van der Waals surface area (Å²) in [5, 5.41) is 5.23. The molecule has 1 aliphatic heterocycles. The number of hydrogen-bond donors (Lipinski definition) is 1. The van der Waals surface area contributed by atoms with Crippen LogP contribution in [0, 0.1) is 0 Å². The Morgan fingerprint density at radius 3 is 2.12 bits per heavy atom. The van der Waals surface area contributed by atoms with Crippen molar-refractivity contribution in [2.45, 2.75) is 6.17 Å². The number of aromatic nitrogens is 2. The number of fused-ring (bicyclic) bond motifs is 5. The van der Waals surface area contributed by atoms with Crippen molar-refractivity contribution in [2.75, 3.05) is 0 Å². The maximum Gasteiger partial charge on any atom is 0.162 e. The van der Waals surface area contributed by atoms with E-state index in [1.54, 1.807) is 5.01 Å². The number of aliphatic imine (C=N–C) groups is 1. The second-order valence-electron chi connectivity index (χ2n) is 10.8. The number of nitrogens with zero attached hydrogens (tertiary/aromatic N) is 4. The first-order valence-electron chi connectivity index (χ1n) is 14.4. The van der Waals surface area contributed by atoms with Crippen LogP contribution in [0.1, 0.15) is 5.56 Å². The summed E-state index contributed by atoms with van der Waals surface area (Å²) >= 11 is 0. The van der Waals surface area contributed by atoms with Crippen molar-refractivity contribution in [3.63, 3.8) is 0 Å². The number of benzene rings is 5. The predicted octanol–water partition coefficient (Wildman–Crippen LogP) is 8.39. The molecule has 0 amide bonds. The van der Waals surface area contributed by atoms with Crippen LogP contribution < -0.4 is 5.84 Å². The van der Waals surface area contributed by atoms with Crippen LogP contribution in [0.3, 0.4) is 0 Å². The van der Waals surface area contributed by atoms with E-state index in [0.717, 1.165) is 33.4 Å². The van der Waals surface area contributed by atoms with E-state index in [0.29, 0.717) is 0 Å². The zero-order valence-electron chi connectivity index (χ0n) is 23.5. The number of hydrogen-bond acceptors (Lipinski definition) is 3. The molecule has 0 aliphatic carbocycles. The van der Waals surface area contributed by atoms with Crippen LogP contribution in [0.25, 0.3) is 55.1 Å². The Kier molecular flexibility index (Phi) is 6.02. The minimum atomic E-state index is -0.378. The van der Waals surface area contributed by atoms with E-state index in [1.165, 1.54) is 27.3 Å². The summed E-state index contributed by atoms with van der Waals surface area (Å²) < 4.78 is 4.45. The molecule has 7 aromatic rings. The van der Waals surface area contributed by atoms with Crippen LogP contribution >= 0.6 is 0 Å². The van der Waals surface area contributed by atoms with Crippen LogP contribution in [0.2, 0.25) is 0 Å². The third kappa shape index (κ3) is 4.26. The molecule has 1 atom stereocenters. The Morgan fingerprint density at radius 1 is 0.605 bits per heavy atom. The average Bonchev–Trinajstić information content (AvgIpc) is 3.64. The van der Waals surface area contributed by atoms with Crippen molar-refractivity contribution in [1.82, 2.24) is 14.1 Å². The van der Waals surface area contributed by atoms with Crippen LogP contribution in [0.5, 0.6) is 0 Å². The quantitative estimate of drug-likeness (QED) is 0.132. The van der Waals surface area contributed by atoms with Gasteiger partial charge in [-0.25, -0.2) is 10.8 Å². The highest BCUT2D eigenvalue weighted by molar-refractivity contribution is 6.20. The molecule has 8 rings (SSSR count). The summed E-state index contributed by atoms with van der Waals surface area (Å²) in [7, 11) is 0. The zero-order valence-corrected chi connectivity index (χ0v) is 23.5. The number of hydrazine groups is 1. The first kappa shape index (κ1) is 25.1. The van der Waals surface area contributed by atoms with Gasteiger partial charge in [-0.1, -0.05) is 103 Å². The molecule has 0 spiro atoms. The Bertz CT molecular complexity index is 2180. The number of rotatable bonds is 5. The molecule has 43 heavy (non-hydrogen) atoms. The molecule has 0 radical (unpaired) electrons. The summed E-state index contributed by atoms with van der Waals surface area (Å²) in [5.74, 6) is 6.53. The minimum Gasteiger partial charge on any atom is -0.316 e. The second kappa shape index (κ2) is 10.3. The van der Waals surface area contributed by atoms with E-state index in [-0.39, 0.29) is 6.17 Å². The Morgan fingerprint density at radius 2 is 1.30 bits per heavy atom. The highest BCUT2D eigenvalue weighted by Gasteiger charge is 2.21. The third-order valence-corrected chi connectivity index (χ3v) is 8.32. The number of allylic oxidation sites excluding steroid dienone is 2. The molecule has 5 heteroatoms. The number of para-hydroxylation sites is 2. The maximum absolute atomic E-state index is 6.53. The van der Waals surface area contributed by atoms with Crippen molar-refractivity contribution < 1.29 is 0 Å². The fourth-order valence-electron chi connectivity index (χ4n) is 6.24. The third-order valence-electron chi connectivity index (χ3n) is 8.32. The van der Waals surface area contributed by atoms with Gasteiger partial charge in [0.1, 0.15) is 0 Å². The molecular weight excluding hydrogens is 526 g/mol. The second-order valence-corrected chi connectivity index (χ2v) is 10.8. The summed E-state index contributed by atoms with van der Waals surface area (Å²) in [5.41, 5.74) is 9.02. The van der Waals surface area contributed by atoms with Gasteiger partial charge in [0.25, 0.3) is 0 Å². The maximum atomic E-state index is 6.53. The Balaban J connectivity index is 1.23. The molecule has 0 bridgehead atoms. The lowest BCUT2D eigenvalue weighted by Crippen LogP contribution is -2.37. The van der Waals surface area contributed by atoms with E-state index in [9.17, 15) is 0 Å². The smallest absolute Gasteiger partial charge is 0.162 e.